The second kappa shape index (κ2) is 12.6. The molecule has 11 heteroatoms. The van der Waals surface area contributed by atoms with E-state index in [0.29, 0.717) is 18.0 Å². The van der Waals surface area contributed by atoms with Crippen LogP contribution in [0, 0.1) is 0 Å². The van der Waals surface area contributed by atoms with Gasteiger partial charge in [-0.25, -0.2) is 4.79 Å². The molecular formula is C39H40N6O5. The molecule has 11 nitrogen and oxygen atoms in total. The molecule has 256 valence electrons. The largest absolute Gasteiger partial charge is 0.459 e. The summed E-state index contributed by atoms with van der Waals surface area (Å²) in [6.07, 6.45) is 3.02. The number of amides is 1. The molecule has 6 aromatic rings. The Balaban J connectivity index is 1.25. The second-order valence-corrected chi connectivity index (χ2v) is 14.5. The Morgan fingerprint density at radius 2 is 1.18 bits per heavy atom. The van der Waals surface area contributed by atoms with Crippen LogP contribution in [0.1, 0.15) is 41.5 Å². The molecule has 0 spiro atoms. The van der Waals surface area contributed by atoms with Gasteiger partial charge >= 0.3 is 12.1 Å². The lowest BCUT2D eigenvalue weighted by molar-refractivity contribution is -0.156. The summed E-state index contributed by atoms with van der Waals surface area (Å²) in [6, 6.07) is 24.5. The van der Waals surface area contributed by atoms with Crippen LogP contribution in [0.4, 0.5) is 16.2 Å². The van der Waals surface area contributed by atoms with Crippen molar-refractivity contribution >= 4 is 45.2 Å². The number of nitrogens with zero attached hydrogens (tertiary/aromatic N) is 4. The predicted octanol–water partition coefficient (Wildman–Crippen LogP) is 8.60. The van der Waals surface area contributed by atoms with Gasteiger partial charge in [-0.1, -0.05) is 24.3 Å². The van der Waals surface area contributed by atoms with Gasteiger partial charge in [0, 0.05) is 23.9 Å². The highest BCUT2D eigenvalue weighted by Crippen LogP contribution is 2.49. The number of nitrogens with one attached hydrogen (secondary N) is 2. The molecule has 0 aliphatic carbocycles. The van der Waals surface area contributed by atoms with E-state index in [1.165, 1.54) is 4.90 Å². The third-order valence-corrected chi connectivity index (χ3v) is 8.25. The van der Waals surface area contributed by atoms with Gasteiger partial charge in [-0.2, -0.15) is 10.2 Å². The van der Waals surface area contributed by atoms with E-state index >= 15 is 0 Å². The molecule has 0 saturated carbocycles. The second-order valence-electron chi connectivity index (χ2n) is 14.5. The minimum Gasteiger partial charge on any atom is -0.459 e. The Labute approximate surface area is 290 Å². The van der Waals surface area contributed by atoms with Crippen molar-refractivity contribution in [2.24, 2.45) is 0 Å². The predicted molar refractivity (Wildman–Crippen MR) is 194 cm³/mol. The van der Waals surface area contributed by atoms with Crippen molar-refractivity contribution in [3.05, 3.63) is 85.2 Å². The molecule has 2 N–H and O–H groups in total. The number of aromatic amines is 2. The van der Waals surface area contributed by atoms with E-state index in [-0.39, 0.29) is 13.1 Å². The molecular weight excluding hydrogens is 632 g/mol. The van der Waals surface area contributed by atoms with E-state index in [9.17, 15) is 9.59 Å². The van der Waals surface area contributed by atoms with Crippen molar-refractivity contribution in [1.82, 2.24) is 25.3 Å². The Bertz CT molecular complexity index is 2100. The summed E-state index contributed by atoms with van der Waals surface area (Å²) < 4.78 is 17.9. The van der Waals surface area contributed by atoms with Gasteiger partial charge in [0.15, 0.2) is 11.5 Å². The standard InChI is InChI=1S/C39H40N6O5/c1-38(2,3)49-36(46)23-44(37(47)50-39(4,5)6)15-16-45-32-13-9-26(24-7-11-30-28(17-24)21-40-42-30)19-34(32)48-35-20-27(10-14-33(35)45)25-8-12-31-29(18-25)22-41-43-31/h7-14,17-22H,15-16,23H2,1-6H3,(H,40,42)(H,41,43). The van der Waals surface area contributed by atoms with Gasteiger partial charge in [0.2, 0.25) is 0 Å². The van der Waals surface area contributed by atoms with E-state index in [4.69, 9.17) is 14.2 Å². The molecule has 50 heavy (non-hydrogen) atoms. The first-order valence-corrected chi connectivity index (χ1v) is 16.6. The zero-order valence-corrected chi connectivity index (χ0v) is 29.0. The fraction of sp³-hybridized carbons (Fsp3) is 0.282. The number of H-pyrrole nitrogens is 2. The number of anilines is 2. The highest BCUT2D eigenvalue weighted by Gasteiger charge is 2.30. The van der Waals surface area contributed by atoms with Gasteiger partial charge in [0.05, 0.1) is 34.8 Å². The molecule has 0 radical (unpaired) electrons. The molecule has 7 rings (SSSR count). The Morgan fingerprint density at radius 3 is 1.68 bits per heavy atom. The third-order valence-electron chi connectivity index (χ3n) is 8.25. The summed E-state index contributed by atoms with van der Waals surface area (Å²) in [5, 5.41) is 16.4. The Kier molecular flexibility index (Phi) is 8.21. The average Bonchev–Trinajstić information content (AvgIpc) is 3.73. The van der Waals surface area contributed by atoms with Crippen LogP contribution in [0.3, 0.4) is 0 Å². The van der Waals surface area contributed by atoms with Crippen LogP contribution in [-0.2, 0) is 14.3 Å². The van der Waals surface area contributed by atoms with Crippen molar-refractivity contribution in [3.63, 3.8) is 0 Å². The maximum Gasteiger partial charge on any atom is 0.410 e. The fourth-order valence-corrected chi connectivity index (χ4v) is 6.04. The molecule has 0 unspecified atom stereocenters. The Morgan fingerprint density at radius 1 is 0.700 bits per heavy atom. The zero-order chi connectivity index (χ0) is 35.2. The number of rotatable bonds is 7. The quantitative estimate of drug-likeness (QED) is 0.162. The number of carbonyl (C=O) groups is 2. The molecule has 0 fully saturated rings. The number of ether oxygens (including phenoxy) is 3. The van der Waals surface area contributed by atoms with Gasteiger partial charge in [-0.15, -0.1) is 0 Å². The zero-order valence-electron chi connectivity index (χ0n) is 29.0. The molecule has 2 aromatic heterocycles. The van der Waals surface area contributed by atoms with Crippen LogP contribution in [0.15, 0.2) is 85.2 Å². The molecule has 1 amide bonds. The third kappa shape index (κ3) is 6.98. The molecule has 1 aliphatic heterocycles. The maximum atomic E-state index is 13.4. The average molecular weight is 673 g/mol. The number of fused-ring (bicyclic) bond motifs is 4. The van der Waals surface area contributed by atoms with Crippen molar-refractivity contribution in [2.45, 2.75) is 52.7 Å². The summed E-state index contributed by atoms with van der Waals surface area (Å²) in [4.78, 5) is 29.9. The number of benzene rings is 4. The molecule has 4 aromatic carbocycles. The van der Waals surface area contributed by atoms with E-state index in [1.54, 1.807) is 41.5 Å². The lowest BCUT2D eigenvalue weighted by Gasteiger charge is -2.35. The molecule has 1 aliphatic rings. The minimum absolute atomic E-state index is 0.185. The minimum atomic E-state index is -0.743. The number of carbonyl (C=O) groups excluding carboxylic acids is 2. The van der Waals surface area contributed by atoms with Gasteiger partial charge in [0.1, 0.15) is 17.7 Å². The van der Waals surface area contributed by atoms with Gasteiger partial charge in [-0.05, 0) is 112 Å². The van der Waals surface area contributed by atoms with Crippen LogP contribution < -0.4 is 9.64 Å². The number of esters is 1. The fourth-order valence-electron chi connectivity index (χ4n) is 6.04. The maximum absolute atomic E-state index is 13.4. The molecule has 0 bridgehead atoms. The normalized spacial score (nSPS) is 12.7. The molecule has 0 atom stereocenters. The highest BCUT2D eigenvalue weighted by atomic mass is 16.6. The van der Waals surface area contributed by atoms with E-state index in [1.807, 2.05) is 48.8 Å². The smallest absolute Gasteiger partial charge is 0.410 e. The van der Waals surface area contributed by atoms with E-state index in [2.05, 4.69) is 61.7 Å². The van der Waals surface area contributed by atoms with Crippen LogP contribution in [-0.4, -0.2) is 68.2 Å². The van der Waals surface area contributed by atoms with Gasteiger partial charge in [0.25, 0.3) is 0 Å². The molecule has 3 heterocycles. The summed E-state index contributed by atoms with van der Waals surface area (Å²) in [5.41, 5.74) is 6.17. The number of hydrogen-bond acceptors (Lipinski definition) is 8. The van der Waals surface area contributed by atoms with Crippen molar-refractivity contribution < 1.29 is 23.8 Å². The SMILES string of the molecule is CC(C)(C)OC(=O)CN(CCN1c2ccc(-c3ccc4[nH]ncc4c3)cc2Oc2cc(-c3ccc4[nH]ncc4c3)ccc21)C(=O)OC(C)(C)C. The lowest BCUT2D eigenvalue weighted by Crippen LogP contribution is -2.44. The van der Waals surface area contributed by atoms with Crippen molar-refractivity contribution in [3.8, 4) is 33.8 Å². The van der Waals surface area contributed by atoms with Crippen LogP contribution in [0.2, 0.25) is 0 Å². The summed E-state index contributed by atoms with van der Waals surface area (Å²) in [5.74, 6) is 0.825. The van der Waals surface area contributed by atoms with E-state index in [0.717, 1.165) is 55.4 Å². The lowest BCUT2D eigenvalue weighted by atomic mass is 10.0. The first-order valence-electron chi connectivity index (χ1n) is 16.6. The molecule has 0 saturated heterocycles. The van der Waals surface area contributed by atoms with Crippen LogP contribution >= 0.6 is 0 Å². The van der Waals surface area contributed by atoms with Gasteiger partial charge in [-0.3, -0.25) is 19.9 Å². The van der Waals surface area contributed by atoms with Crippen molar-refractivity contribution in [2.75, 3.05) is 24.5 Å². The number of aromatic nitrogens is 4. The van der Waals surface area contributed by atoms with Crippen LogP contribution in [0.5, 0.6) is 11.5 Å². The first kappa shape index (κ1) is 32.7. The summed E-state index contributed by atoms with van der Waals surface area (Å²) >= 11 is 0. The van der Waals surface area contributed by atoms with Crippen molar-refractivity contribution in [1.29, 1.82) is 0 Å². The van der Waals surface area contributed by atoms with Crippen LogP contribution in [0.25, 0.3) is 44.1 Å². The first-order chi connectivity index (χ1) is 23.8. The summed E-state index contributed by atoms with van der Waals surface area (Å²) in [6.45, 7) is 11.1. The van der Waals surface area contributed by atoms with E-state index < -0.39 is 23.3 Å². The topological polar surface area (TPSA) is 126 Å². The summed E-state index contributed by atoms with van der Waals surface area (Å²) in [7, 11) is 0. The number of hydrogen-bond donors (Lipinski definition) is 2. The Hall–Kier alpha value is -5.84. The van der Waals surface area contributed by atoms with Gasteiger partial charge < -0.3 is 19.1 Å². The highest BCUT2D eigenvalue weighted by molar-refractivity contribution is 5.89. The monoisotopic (exact) mass is 672 g/mol.